The summed E-state index contributed by atoms with van der Waals surface area (Å²) in [4.78, 5) is 26.7. The fourth-order valence-corrected chi connectivity index (χ4v) is 2.37. The SMILES string of the molecule is CC(=C1N=C(c2ccc(Cl)cc2)OC1=O)c1cccc([N+](=O)[O-])c1. The number of non-ortho nitro benzene ring substituents is 1. The van der Waals surface area contributed by atoms with Crippen molar-refractivity contribution in [2.45, 2.75) is 6.92 Å². The van der Waals surface area contributed by atoms with E-state index in [2.05, 4.69) is 4.99 Å². The van der Waals surface area contributed by atoms with Gasteiger partial charge in [-0.1, -0.05) is 23.7 Å². The van der Waals surface area contributed by atoms with E-state index in [9.17, 15) is 14.9 Å². The van der Waals surface area contributed by atoms with Gasteiger partial charge in [0.25, 0.3) is 5.69 Å². The molecule has 3 rings (SSSR count). The van der Waals surface area contributed by atoms with E-state index in [0.717, 1.165) is 0 Å². The number of carbonyl (C=O) groups excluding carboxylic acids is 1. The number of carbonyl (C=O) groups is 1. The Morgan fingerprint density at radius 2 is 1.92 bits per heavy atom. The van der Waals surface area contributed by atoms with E-state index in [-0.39, 0.29) is 17.3 Å². The van der Waals surface area contributed by atoms with Crippen LogP contribution in [0.1, 0.15) is 18.1 Å². The molecule has 0 aliphatic carbocycles. The molecule has 7 heteroatoms. The molecule has 0 fully saturated rings. The molecule has 0 amide bonds. The molecule has 0 aromatic heterocycles. The Balaban J connectivity index is 2.02. The van der Waals surface area contributed by atoms with Crippen molar-refractivity contribution in [2.24, 2.45) is 4.99 Å². The van der Waals surface area contributed by atoms with Crippen molar-refractivity contribution < 1.29 is 14.5 Å². The second-order valence-corrected chi connectivity index (χ2v) is 5.53. The highest BCUT2D eigenvalue weighted by Gasteiger charge is 2.26. The van der Waals surface area contributed by atoms with E-state index in [1.165, 1.54) is 12.1 Å². The van der Waals surface area contributed by atoms with Gasteiger partial charge in [0, 0.05) is 22.7 Å². The zero-order valence-corrected chi connectivity index (χ0v) is 13.3. The fourth-order valence-electron chi connectivity index (χ4n) is 2.25. The summed E-state index contributed by atoms with van der Waals surface area (Å²) in [7, 11) is 0. The summed E-state index contributed by atoms with van der Waals surface area (Å²) in [6, 6.07) is 12.7. The molecular formula is C17H11ClN2O4. The Morgan fingerprint density at radius 3 is 2.58 bits per heavy atom. The molecule has 0 unspecified atom stereocenters. The molecule has 0 saturated carbocycles. The molecule has 0 saturated heterocycles. The monoisotopic (exact) mass is 342 g/mol. The maximum Gasteiger partial charge on any atom is 0.364 e. The fraction of sp³-hybridized carbons (Fsp3) is 0.0588. The minimum absolute atomic E-state index is 0.0549. The van der Waals surface area contributed by atoms with E-state index in [4.69, 9.17) is 16.3 Å². The number of rotatable bonds is 3. The number of hydrogen-bond donors (Lipinski definition) is 0. The molecule has 2 aromatic rings. The molecule has 1 heterocycles. The van der Waals surface area contributed by atoms with Gasteiger partial charge in [-0.05, 0) is 42.3 Å². The quantitative estimate of drug-likeness (QED) is 0.365. The predicted octanol–water partition coefficient (Wildman–Crippen LogP) is 3.98. The van der Waals surface area contributed by atoms with Crippen LogP contribution in [0.5, 0.6) is 0 Å². The highest BCUT2D eigenvalue weighted by molar-refractivity contribution is 6.30. The summed E-state index contributed by atoms with van der Waals surface area (Å²) in [5.41, 5.74) is 1.74. The highest BCUT2D eigenvalue weighted by atomic mass is 35.5. The first-order valence-corrected chi connectivity index (χ1v) is 7.36. The number of allylic oxidation sites excluding steroid dienone is 1. The molecule has 24 heavy (non-hydrogen) atoms. The van der Waals surface area contributed by atoms with Crippen molar-refractivity contribution in [3.63, 3.8) is 0 Å². The third-order valence-electron chi connectivity index (χ3n) is 3.53. The van der Waals surface area contributed by atoms with E-state index in [1.54, 1.807) is 43.3 Å². The molecule has 1 aliphatic heterocycles. The van der Waals surface area contributed by atoms with Crippen molar-refractivity contribution in [3.05, 3.63) is 80.5 Å². The molecule has 0 spiro atoms. The summed E-state index contributed by atoms with van der Waals surface area (Å²) in [6.45, 7) is 1.67. The Hall–Kier alpha value is -2.99. The minimum atomic E-state index is -0.594. The smallest absolute Gasteiger partial charge is 0.364 e. The van der Waals surface area contributed by atoms with Crippen LogP contribution in [0.2, 0.25) is 5.02 Å². The Morgan fingerprint density at radius 1 is 1.21 bits per heavy atom. The standard InChI is InChI=1S/C17H11ClN2O4/c1-10(12-3-2-4-14(9-12)20(22)23)15-17(21)24-16(19-15)11-5-7-13(18)8-6-11/h2-9H,1H3. The normalized spacial score (nSPS) is 15.8. The van der Waals surface area contributed by atoms with Gasteiger partial charge in [-0.3, -0.25) is 10.1 Å². The van der Waals surface area contributed by atoms with E-state index in [1.807, 2.05) is 0 Å². The summed E-state index contributed by atoms with van der Waals surface area (Å²) < 4.78 is 5.20. The number of benzene rings is 2. The number of nitro groups is 1. The number of aliphatic imine (C=N–C) groups is 1. The Labute approximate surface area is 142 Å². The maximum absolute atomic E-state index is 12.1. The van der Waals surface area contributed by atoms with E-state index < -0.39 is 10.9 Å². The van der Waals surface area contributed by atoms with Crippen LogP contribution in [0.3, 0.4) is 0 Å². The molecular weight excluding hydrogens is 332 g/mol. The predicted molar refractivity (Wildman–Crippen MR) is 89.8 cm³/mol. The zero-order chi connectivity index (χ0) is 17.3. The summed E-state index contributed by atoms with van der Waals surface area (Å²) in [5.74, 6) is -0.416. The first-order chi connectivity index (χ1) is 11.5. The molecule has 0 atom stereocenters. The van der Waals surface area contributed by atoms with Crippen LogP contribution < -0.4 is 0 Å². The van der Waals surface area contributed by atoms with Gasteiger partial charge in [-0.2, -0.15) is 0 Å². The Bertz CT molecular complexity index is 901. The third kappa shape index (κ3) is 3.04. The van der Waals surface area contributed by atoms with Gasteiger partial charge in [0.15, 0.2) is 5.70 Å². The molecule has 0 bridgehead atoms. The van der Waals surface area contributed by atoms with Gasteiger partial charge in [0.1, 0.15) is 0 Å². The lowest BCUT2D eigenvalue weighted by Crippen LogP contribution is -2.05. The van der Waals surface area contributed by atoms with E-state index >= 15 is 0 Å². The first kappa shape index (κ1) is 15.9. The molecule has 0 N–H and O–H groups in total. The van der Waals surface area contributed by atoms with Crippen LogP contribution in [0.4, 0.5) is 5.69 Å². The second kappa shape index (κ2) is 6.25. The Kier molecular flexibility index (Phi) is 4.14. The summed E-state index contributed by atoms with van der Waals surface area (Å²) in [6.07, 6.45) is 0. The van der Waals surface area contributed by atoms with Crippen molar-refractivity contribution in [1.29, 1.82) is 0 Å². The van der Waals surface area contributed by atoms with Crippen LogP contribution >= 0.6 is 11.6 Å². The van der Waals surface area contributed by atoms with Gasteiger partial charge in [0.05, 0.1) is 4.92 Å². The van der Waals surface area contributed by atoms with Crippen LogP contribution in [0, 0.1) is 10.1 Å². The van der Waals surface area contributed by atoms with Gasteiger partial charge in [-0.25, -0.2) is 9.79 Å². The van der Waals surface area contributed by atoms with Crippen LogP contribution in [-0.4, -0.2) is 16.8 Å². The summed E-state index contributed by atoms with van der Waals surface area (Å²) in [5, 5.41) is 11.4. The van der Waals surface area contributed by atoms with Gasteiger partial charge < -0.3 is 4.74 Å². The number of hydrogen-bond acceptors (Lipinski definition) is 5. The highest BCUT2D eigenvalue weighted by Crippen LogP contribution is 2.27. The second-order valence-electron chi connectivity index (χ2n) is 5.09. The average molecular weight is 343 g/mol. The van der Waals surface area contributed by atoms with E-state index in [0.29, 0.717) is 21.7 Å². The number of cyclic esters (lactones) is 1. The molecule has 1 aliphatic rings. The van der Waals surface area contributed by atoms with Crippen LogP contribution in [0.15, 0.2) is 59.2 Å². The maximum atomic E-state index is 12.1. The largest absolute Gasteiger partial charge is 0.402 e. The van der Waals surface area contributed by atoms with Crippen LogP contribution in [0.25, 0.3) is 5.57 Å². The van der Waals surface area contributed by atoms with Crippen molar-refractivity contribution in [1.82, 2.24) is 0 Å². The van der Waals surface area contributed by atoms with Crippen molar-refractivity contribution >= 4 is 34.7 Å². The van der Waals surface area contributed by atoms with Crippen molar-refractivity contribution in [2.75, 3.05) is 0 Å². The minimum Gasteiger partial charge on any atom is -0.402 e. The number of esters is 1. The lowest BCUT2D eigenvalue weighted by molar-refractivity contribution is -0.384. The first-order valence-electron chi connectivity index (χ1n) is 6.98. The topological polar surface area (TPSA) is 81.8 Å². The molecule has 120 valence electrons. The molecule has 0 radical (unpaired) electrons. The molecule has 6 nitrogen and oxygen atoms in total. The van der Waals surface area contributed by atoms with Crippen LogP contribution in [-0.2, 0) is 9.53 Å². The van der Waals surface area contributed by atoms with Gasteiger partial charge in [-0.15, -0.1) is 0 Å². The lowest BCUT2D eigenvalue weighted by Gasteiger charge is -2.02. The number of ether oxygens (including phenoxy) is 1. The number of halogens is 1. The van der Waals surface area contributed by atoms with Gasteiger partial charge >= 0.3 is 5.97 Å². The lowest BCUT2D eigenvalue weighted by atomic mass is 10.0. The van der Waals surface area contributed by atoms with Crippen molar-refractivity contribution in [3.8, 4) is 0 Å². The van der Waals surface area contributed by atoms with Gasteiger partial charge in [0.2, 0.25) is 5.90 Å². The number of nitro benzene ring substituents is 1. The summed E-state index contributed by atoms with van der Waals surface area (Å²) >= 11 is 5.83. The number of nitrogens with zero attached hydrogens (tertiary/aromatic N) is 2. The zero-order valence-electron chi connectivity index (χ0n) is 12.5. The molecule has 2 aromatic carbocycles. The average Bonchev–Trinajstić information content (AvgIpc) is 2.96. The third-order valence-corrected chi connectivity index (χ3v) is 3.78.